The summed E-state index contributed by atoms with van der Waals surface area (Å²) in [6, 6.07) is 12.2. The Hall–Kier alpha value is -3.20. The number of aromatic amines is 1. The van der Waals surface area contributed by atoms with Crippen molar-refractivity contribution in [3.05, 3.63) is 65.5 Å². The summed E-state index contributed by atoms with van der Waals surface area (Å²) in [5, 5.41) is 19.0. The van der Waals surface area contributed by atoms with E-state index in [0.717, 1.165) is 12.1 Å². The number of aliphatic hydroxyl groups is 1. The van der Waals surface area contributed by atoms with Crippen LogP contribution in [0.3, 0.4) is 0 Å². The van der Waals surface area contributed by atoms with E-state index in [4.69, 9.17) is 0 Å². The van der Waals surface area contributed by atoms with Crippen LogP contribution in [0.25, 0.3) is 11.4 Å². The molecule has 0 radical (unpaired) electrons. The van der Waals surface area contributed by atoms with Crippen molar-refractivity contribution in [1.29, 1.82) is 0 Å². The second-order valence-electron chi connectivity index (χ2n) is 7.51. The van der Waals surface area contributed by atoms with Crippen LogP contribution in [0.1, 0.15) is 29.8 Å². The molecule has 156 valence electrons. The number of benzene rings is 2. The van der Waals surface area contributed by atoms with Gasteiger partial charge < -0.3 is 10.4 Å². The number of nitrogens with one attached hydrogen (secondary N) is 2. The molecule has 3 aromatic rings. The molecule has 1 aromatic heterocycles. The minimum atomic E-state index is -4.61. The lowest BCUT2D eigenvalue weighted by molar-refractivity contribution is -0.137. The first-order valence-corrected chi connectivity index (χ1v) is 9.34. The van der Waals surface area contributed by atoms with Crippen LogP contribution in [-0.2, 0) is 16.4 Å². The Morgan fingerprint density at radius 2 is 1.90 bits per heavy atom. The molecular formula is C21H19F3N4O2. The molecule has 1 saturated carbocycles. The number of hydrogen-bond acceptors (Lipinski definition) is 4. The van der Waals surface area contributed by atoms with Gasteiger partial charge in [-0.25, -0.2) is 4.98 Å². The third-order valence-corrected chi connectivity index (χ3v) is 5.30. The molecule has 4 rings (SSSR count). The van der Waals surface area contributed by atoms with Crippen LogP contribution in [-0.4, -0.2) is 32.3 Å². The maximum Gasteiger partial charge on any atom is 0.416 e. The molecule has 0 unspecified atom stereocenters. The molecular weight excluding hydrogens is 397 g/mol. The minimum Gasteiger partial charge on any atom is -0.393 e. The monoisotopic (exact) mass is 416 g/mol. The van der Waals surface area contributed by atoms with Crippen molar-refractivity contribution in [1.82, 2.24) is 15.2 Å². The molecule has 30 heavy (non-hydrogen) atoms. The molecule has 0 saturated heterocycles. The number of aryl methyl sites for hydroxylation is 1. The second-order valence-corrected chi connectivity index (χ2v) is 7.51. The van der Waals surface area contributed by atoms with Crippen LogP contribution >= 0.6 is 0 Å². The summed E-state index contributed by atoms with van der Waals surface area (Å²) in [7, 11) is 0. The van der Waals surface area contributed by atoms with Crippen LogP contribution in [0, 0.1) is 6.92 Å². The lowest BCUT2D eigenvalue weighted by atomic mass is 9.62. The van der Waals surface area contributed by atoms with Gasteiger partial charge in [-0.2, -0.15) is 18.3 Å². The van der Waals surface area contributed by atoms with Gasteiger partial charge in [-0.1, -0.05) is 30.3 Å². The number of hydrogen-bond donors (Lipinski definition) is 3. The molecule has 1 aliphatic rings. The van der Waals surface area contributed by atoms with Crippen LogP contribution in [0.5, 0.6) is 0 Å². The maximum absolute atomic E-state index is 13.4. The number of nitrogens with zero attached hydrogens (tertiary/aromatic N) is 2. The predicted octanol–water partition coefficient (Wildman–Crippen LogP) is 3.83. The van der Waals surface area contributed by atoms with E-state index in [1.165, 1.54) is 6.07 Å². The molecule has 3 N–H and O–H groups in total. The molecule has 0 spiro atoms. The molecule has 9 heteroatoms. The zero-order valence-electron chi connectivity index (χ0n) is 16.0. The first kappa shape index (κ1) is 20.1. The Bertz CT molecular complexity index is 1070. The Kier molecular flexibility index (Phi) is 4.85. The summed E-state index contributed by atoms with van der Waals surface area (Å²) in [6.07, 6.45) is -4.84. The fraction of sp³-hybridized carbons (Fsp3) is 0.286. The van der Waals surface area contributed by atoms with Crippen molar-refractivity contribution in [3.63, 3.8) is 0 Å². The van der Waals surface area contributed by atoms with Gasteiger partial charge in [0.2, 0.25) is 5.91 Å². The lowest BCUT2D eigenvalue weighted by Gasteiger charge is -2.44. The number of carbonyl (C=O) groups is 1. The van der Waals surface area contributed by atoms with Gasteiger partial charge in [-0.3, -0.25) is 9.89 Å². The van der Waals surface area contributed by atoms with E-state index in [-0.39, 0.29) is 29.9 Å². The van der Waals surface area contributed by atoms with Gasteiger partial charge in [0.05, 0.1) is 17.1 Å². The first-order chi connectivity index (χ1) is 14.2. The van der Waals surface area contributed by atoms with Gasteiger partial charge >= 0.3 is 6.18 Å². The largest absolute Gasteiger partial charge is 0.416 e. The summed E-state index contributed by atoms with van der Waals surface area (Å²) in [5.41, 5.74) is -1.07. The fourth-order valence-electron chi connectivity index (χ4n) is 3.77. The SMILES string of the molecule is Cc1nc(-c2cc(NC(=O)C3(c4ccccc4)CC(O)C3)cc(C(F)(F)F)c2)n[nH]1. The number of halogens is 3. The molecule has 1 heterocycles. The van der Waals surface area contributed by atoms with E-state index >= 15 is 0 Å². The number of alkyl halides is 3. The van der Waals surface area contributed by atoms with Crippen LogP contribution in [0.15, 0.2) is 48.5 Å². The first-order valence-electron chi connectivity index (χ1n) is 9.34. The van der Waals surface area contributed by atoms with E-state index < -0.39 is 29.2 Å². The highest BCUT2D eigenvalue weighted by molar-refractivity contribution is 6.00. The van der Waals surface area contributed by atoms with E-state index in [9.17, 15) is 23.1 Å². The number of carbonyl (C=O) groups excluding carboxylic acids is 1. The topological polar surface area (TPSA) is 90.9 Å². The smallest absolute Gasteiger partial charge is 0.393 e. The highest BCUT2D eigenvalue weighted by Crippen LogP contribution is 2.45. The number of aliphatic hydroxyl groups excluding tert-OH is 1. The Labute approximate surface area is 170 Å². The quantitative estimate of drug-likeness (QED) is 0.603. The van der Waals surface area contributed by atoms with Gasteiger partial charge in [0.15, 0.2) is 5.82 Å². The molecule has 6 nitrogen and oxygen atoms in total. The van der Waals surface area contributed by atoms with Gasteiger partial charge in [0, 0.05) is 11.3 Å². The fourth-order valence-corrected chi connectivity index (χ4v) is 3.77. The van der Waals surface area contributed by atoms with E-state index in [1.807, 2.05) is 6.07 Å². The third-order valence-electron chi connectivity index (χ3n) is 5.30. The van der Waals surface area contributed by atoms with Gasteiger partial charge in [-0.15, -0.1) is 0 Å². The molecule has 0 atom stereocenters. The average molecular weight is 416 g/mol. The van der Waals surface area contributed by atoms with E-state index in [1.54, 1.807) is 31.2 Å². The van der Waals surface area contributed by atoms with Crippen molar-refractivity contribution >= 4 is 11.6 Å². The van der Waals surface area contributed by atoms with Gasteiger partial charge in [-0.05, 0) is 43.5 Å². The third kappa shape index (κ3) is 3.68. The van der Waals surface area contributed by atoms with E-state index in [2.05, 4.69) is 20.5 Å². The molecule has 2 aromatic carbocycles. The number of rotatable bonds is 4. The normalized spacial score (nSPS) is 21.2. The van der Waals surface area contributed by atoms with Crippen molar-refractivity contribution in [2.24, 2.45) is 0 Å². The van der Waals surface area contributed by atoms with Crippen LogP contribution in [0.4, 0.5) is 18.9 Å². The standard InChI is InChI=1S/C21H19F3N4O2/c1-12-25-18(28-27-12)13-7-15(21(22,23)24)9-16(8-13)26-19(30)20(10-17(29)11-20)14-5-3-2-4-6-14/h2-9,17,29H,10-11H2,1H3,(H,26,30)(H,25,27,28). The number of amides is 1. The second kappa shape index (κ2) is 7.24. The summed E-state index contributed by atoms with van der Waals surface area (Å²) in [5.74, 6) is 0.0980. The number of anilines is 1. The van der Waals surface area contributed by atoms with Crippen molar-refractivity contribution in [2.75, 3.05) is 5.32 Å². The Balaban J connectivity index is 1.70. The molecule has 0 aliphatic heterocycles. The lowest BCUT2D eigenvalue weighted by Crippen LogP contribution is -2.53. The highest BCUT2D eigenvalue weighted by atomic mass is 19.4. The van der Waals surface area contributed by atoms with Crippen molar-refractivity contribution < 1.29 is 23.1 Å². The molecule has 1 aliphatic carbocycles. The highest BCUT2D eigenvalue weighted by Gasteiger charge is 2.51. The van der Waals surface area contributed by atoms with Crippen LogP contribution < -0.4 is 5.32 Å². The molecule has 0 bridgehead atoms. The van der Waals surface area contributed by atoms with Gasteiger partial charge in [0.25, 0.3) is 0 Å². The summed E-state index contributed by atoms with van der Waals surface area (Å²) in [4.78, 5) is 17.2. The maximum atomic E-state index is 13.4. The molecule has 1 fully saturated rings. The summed E-state index contributed by atoms with van der Waals surface area (Å²) < 4.78 is 40.3. The number of H-pyrrole nitrogens is 1. The predicted molar refractivity (Wildman–Crippen MR) is 104 cm³/mol. The number of aromatic nitrogens is 3. The van der Waals surface area contributed by atoms with Crippen LogP contribution in [0.2, 0.25) is 0 Å². The zero-order chi connectivity index (χ0) is 21.5. The van der Waals surface area contributed by atoms with Crippen molar-refractivity contribution in [3.8, 4) is 11.4 Å². The Morgan fingerprint density at radius 3 is 2.47 bits per heavy atom. The summed E-state index contributed by atoms with van der Waals surface area (Å²) >= 11 is 0. The molecule has 1 amide bonds. The zero-order valence-corrected chi connectivity index (χ0v) is 16.0. The van der Waals surface area contributed by atoms with E-state index in [0.29, 0.717) is 11.4 Å². The average Bonchev–Trinajstić information content (AvgIpc) is 3.11. The van der Waals surface area contributed by atoms with Gasteiger partial charge in [0.1, 0.15) is 5.82 Å². The van der Waals surface area contributed by atoms with Crippen molar-refractivity contribution in [2.45, 2.75) is 37.5 Å². The minimum absolute atomic E-state index is 0.0102. The Morgan fingerprint density at radius 1 is 1.20 bits per heavy atom. The summed E-state index contributed by atoms with van der Waals surface area (Å²) in [6.45, 7) is 1.64.